The van der Waals surface area contributed by atoms with Crippen molar-refractivity contribution in [2.75, 3.05) is 0 Å². The normalized spacial score (nSPS) is 10.8. The van der Waals surface area contributed by atoms with Crippen LogP contribution < -0.4 is 0 Å². The lowest BCUT2D eigenvalue weighted by Crippen LogP contribution is -1.96. The first kappa shape index (κ1) is 10.7. The molecule has 1 heterocycles. The molecule has 0 aromatic carbocycles. The van der Waals surface area contributed by atoms with Crippen molar-refractivity contribution >= 4 is 45.2 Å². The molecular formula is C9H11I2N. The Labute approximate surface area is 101 Å². The smallest absolute Gasteiger partial charge is 0.114 e. The molecule has 0 spiro atoms. The highest BCUT2D eigenvalue weighted by molar-refractivity contribution is 14.1. The minimum atomic E-state index is 0.711. The zero-order valence-electron chi connectivity index (χ0n) is 7.14. The van der Waals surface area contributed by atoms with Gasteiger partial charge < -0.3 is 0 Å². The van der Waals surface area contributed by atoms with Gasteiger partial charge in [-0.25, -0.2) is 4.98 Å². The quantitative estimate of drug-likeness (QED) is 0.560. The van der Waals surface area contributed by atoms with Crippen molar-refractivity contribution in [3.63, 3.8) is 0 Å². The molecule has 0 radical (unpaired) electrons. The maximum absolute atomic E-state index is 4.31. The molecule has 0 aliphatic carbocycles. The van der Waals surface area contributed by atoms with Crippen LogP contribution in [0.4, 0.5) is 0 Å². The van der Waals surface area contributed by atoms with Crippen LogP contribution in [0, 0.1) is 13.2 Å². The van der Waals surface area contributed by atoms with Crippen molar-refractivity contribution in [2.24, 2.45) is 5.92 Å². The maximum atomic E-state index is 4.31. The molecular weight excluding hydrogens is 376 g/mol. The van der Waals surface area contributed by atoms with Gasteiger partial charge in [-0.1, -0.05) is 13.8 Å². The molecule has 66 valence electrons. The minimum Gasteiger partial charge on any atom is -0.249 e. The lowest BCUT2D eigenvalue weighted by molar-refractivity contribution is 0.645. The van der Waals surface area contributed by atoms with E-state index in [0.29, 0.717) is 5.92 Å². The summed E-state index contributed by atoms with van der Waals surface area (Å²) in [6.07, 6.45) is 3.10. The molecule has 1 aromatic rings. The number of rotatable bonds is 2. The summed E-state index contributed by atoms with van der Waals surface area (Å²) in [5.41, 5.74) is 1.34. The van der Waals surface area contributed by atoms with Crippen LogP contribution in [0.2, 0.25) is 0 Å². The Hall–Kier alpha value is 0.610. The minimum absolute atomic E-state index is 0.711. The monoisotopic (exact) mass is 387 g/mol. The molecule has 12 heavy (non-hydrogen) atoms. The van der Waals surface area contributed by atoms with E-state index in [2.05, 4.69) is 70.1 Å². The standard InChI is InChI=1S/C9H11I2N/c1-6(2)3-7-4-8(10)9(11)12-5-7/h4-6H,3H2,1-2H3. The number of halogens is 2. The predicted octanol–water partition coefficient (Wildman–Crippen LogP) is 3.49. The summed E-state index contributed by atoms with van der Waals surface area (Å²) in [6.45, 7) is 4.45. The Kier molecular flexibility index (Phi) is 4.22. The van der Waals surface area contributed by atoms with Gasteiger partial charge in [0.2, 0.25) is 0 Å². The summed E-state index contributed by atoms with van der Waals surface area (Å²) in [7, 11) is 0. The molecule has 0 amide bonds. The fraction of sp³-hybridized carbons (Fsp3) is 0.444. The Morgan fingerprint density at radius 3 is 2.58 bits per heavy atom. The van der Waals surface area contributed by atoms with E-state index in [4.69, 9.17) is 0 Å². The third-order valence-corrected chi connectivity index (χ3v) is 4.21. The van der Waals surface area contributed by atoms with E-state index in [1.165, 1.54) is 9.13 Å². The van der Waals surface area contributed by atoms with Crippen LogP contribution in [0.5, 0.6) is 0 Å². The van der Waals surface area contributed by atoms with Crippen LogP contribution >= 0.6 is 45.2 Å². The first-order chi connectivity index (χ1) is 5.59. The van der Waals surface area contributed by atoms with Crippen LogP contribution in [-0.2, 0) is 6.42 Å². The van der Waals surface area contributed by atoms with Gasteiger partial charge in [0, 0.05) is 9.77 Å². The average molecular weight is 387 g/mol. The van der Waals surface area contributed by atoms with Crippen LogP contribution in [0.15, 0.2) is 12.3 Å². The predicted molar refractivity (Wildman–Crippen MR) is 68.2 cm³/mol. The molecule has 0 fully saturated rings. The molecule has 0 aliphatic heterocycles. The Morgan fingerprint density at radius 2 is 2.08 bits per heavy atom. The van der Waals surface area contributed by atoms with Crippen LogP contribution in [0.25, 0.3) is 0 Å². The number of hydrogen-bond donors (Lipinski definition) is 0. The van der Waals surface area contributed by atoms with Gasteiger partial charge in [0.1, 0.15) is 3.70 Å². The summed E-state index contributed by atoms with van der Waals surface area (Å²) < 4.78 is 2.35. The summed E-state index contributed by atoms with van der Waals surface area (Å²) >= 11 is 4.58. The molecule has 0 bridgehead atoms. The van der Waals surface area contributed by atoms with E-state index in [0.717, 1.165) is 10.1 Å². The van der Waals surface area contributed by atoms with Gasteiger partial charge in [-0.05, 0) is 69.2 Å². The van der Waals surface area contributed by atoms with Gasteiger partial charge in [0.25, 0.3) is 0 Å². The van der Waals surface area contributed by atoms with Crippen molar-refractivity contribution in [3.8, 4) is 0 Å². The zero-order valence-corrected chi connectivity index (χ0v) is 11.5. The Morgan fingerprint density at radius 1 is 1.42 bits per heavy atom. The molecule has 0 atom stereocenters. The summed E-state index contributed by atoms with van der Waals surface area (Å²) in [6, 6.07) is 2.22. The number of hydrogen-bond acceptors (Lipinski definition) is 1. The van der Waals surface area contributed by atoms with Crippen molar-refractivity contribution in [3.05, 3.63) is 25.1 Å². The largest absolute Gasteiger partial charge is 0.249 e. The number of aromatic nitrogens is 1. The average Bonchev–Trinajstić information content (AvgIpc) is 1.96. The van der Waals surface area contributed by atoms with Crippen LogP contribution in [0.3, 0.4) is 0 Å². The number of nitrogens with zero attached hydrogens (tertiary/aromatic N) is 1. The van der Waals surface area contributed by atoms with Crippen LogP contribution in [0.1, 0.15) is 19.4 Å². The van der Waals surface area contributed by atoms with E-state index < -0.39 is 0 Å². The topological polar surface area (TPSA) is 12.9 Å². The molecule has 0 unspecified atom stereocenters. The van der Waals surface area contributed by atoms with Crippen molar-refractivity contribution in [2.45, 2.75) is 20.3 Å². The second-order valence-electron chi connectivity index (χ2n) is 3.21. The van der Waals surface area contributed by atoms with E-state index in [1.807, 2.05) is 6.20 Å². The molecule has 0 saturated carbocycles. The van der Waals surface area contributed by atoms with Crippen LogP contribution in [-0.4, -0.2) is 4.98 Å². The first-order valence-electron chi connectivity index (χ1n) is 3.89. The highest BCUT2D eigenvalue weighted by Gasteiger charge is 2.01. The lowest BCUT2D eigenvalue weighted by Gasteiger charge is -2.05. The summed E-state index contributed by atoms with van der Waals surface area (Å²) in [5.74, 6) is 0.711. The van der Waals surface area contributed by atoms with E-state index in [-0.39, 0.29) is 0 Å². The third-order valence-electron chi connectivity index (χ3n) is 1.50. The second kappa shape index (κ2) is 4.74. The van der Waals surface area contributed by atoms with Crippen molar-refractivity contribution in [1.82, 2.24) is 4.98 Å². The number of pyridine rings is 1. The van der Waals surface area contributed by atoms with Gasteiger partial charge in [-0.15, -0.1) is 0 Å². The Balaban J connectivity index is 2.82. The molecule has 1 nitrogen and oxygen atoms in total. The highest BCUT2D eigenvalue weighted by Crippen LogP contribution is 2.15. The third kappa shape index (κ3) is 3.16. The second-order valence-corrected chi connectivity index (χ2v) is 5.40. The highest BCUT2D eigenvalue weighted by atomic mass is 127. The molecule has 1 rings (SSSR count). The van der Waals surface area contributed by atoms with Crippen molar-refractivity contribution < 1.29 is 0 Å². The SMILES string of the molecule is CC(C)Cc1cnc(I)c(I)c1. The molecule has 0 saturated heterocycles. The van der Waals surface area contributed by atoms with Gasteiger partial charge in [0.15, 0.2) is 0 Å². The van der Waals surface area contributed by atoms with E-state index in [9.17, 15) is 0 Å². The first-order valence-corrected chi connectivity index (χ1v) is 6.05. The van der Waals surface area contributed by atoms with Gasteiger partial charge in [0.05, 0.1) is 0 Å². The van der Waals surface area contributed by atoms with Gasteiger partial charge in [-0.3, -0.25) is 0 Å². The van der Waals surface area contributed by atoms with E-state index >= 15 is 0 Å². The molecule has 1 aromatic heterocycles. The summed E-state index contributed by atoms with van der Waals surface area (Å²) in [4.78, 5) is 4.31. The fourth-order valence-electron chi connectivity index (χ4n) is 1.04. The molecule has 3 heteroatoms. The van der Waals surface area contributed by atoms with Gasteiger partial charge >= 0.3 is 0 Å². The fourth-order valence-corrected chi connectivity index (χ4v) is 1.88. The molecule has 0 N–H and O–H groups in total. The van der Waals surface area contributed by atoms with Crippen molar-refractivity contribution in [1.29, 1.82) is 0 Å². The van der Waals surface area contributed by atoms with Gasteiger partial charge in [-0.2, -0.15) is 0 Å². The summed E-state index contributed by atoms with van der Waals surface area (Å²) in [5, 5.41) is 0. The Bertz CT molecular complexity index is 271. The lowest BCUT2D eigenvalue weighted by atomic mass is 10.1. The zero-order chi connectivity index (χ0) is 9.14. The maximum Gasteiger partial charge on any atom is 0.114 e. The molecule has 0 aliphatic rings. The van der Waals surface area contributed by atoms with E-state index in [1.54, 1.807) is 0 Å².